The predicted octanol–water partition coefficient (Wildman–Crippen LogP) is 4.06. The van der Waals surface area contributed by atoms with Gasteiger partial charge < -0.3 is 15.0 Å². The van der Waals surface area contributed by atoms with Gasteiger partial charge in [-0.2, -0.15) is 0 Å². The molecule has 1 N–H and O–H groups in total. The molecule has 3 aromatic rings. The van der Waals surface area contributed by atoms with Crippen molar-refractivity contribution in [3.05, 3.63) is 94.5 Å². The van der Waals surface area contributed by atoms with Crippen LogP contribution in [0.2, 0.25) is 0 Å². The van der Waals surface area contributed by atoms with E-state index < -0.39 is 39.1 Å². The van der Waals surface area contributed by atoms with E-state index in [2.05, 4.69) is 5.32 Å². The van der Waals surface area contributed by atoms with E-state index in [9.17, 15) is 26.8 Å². The number of methoxy groups -OCH3 is 1. The van der Waals surface area contributed by atoms with Crippen LogP contribution in [0.4, 0.5) is 20.2 Å². The summed E-state index contributed by atoms with van der Waals surface area (Å²) in [6, 6.07) is 13.3. The highest BCUT2D eigenvalue weighted by Gasteiger charge is 2.44. The number of ether oxygens (including phenoxy) is 1. The highest BCUT2D eigenvalue weighted by molar-refractivity contribution is 7.94. The topological polar surface area (TPSA) is 92.8 Å². The molecule has 1 unspecified atom stereocenters. The minimum Gasteiger partial charge on any atom is -0.497 e. The van der Waals surface area contributed by atoms with Crippen LogP contribution >= 0.6 is 0 Å². The zero-order valence-corrected chi connectivity index (χ0v) is 19.1. The third-order valence-electron chi connectivity index (χ3n) is 5.91. The molecule has 0 saturated heterocycles. The number of anilines is 2. The Hall–Kier alpha value is -4.05. The van der Waals surface area contributed by atoms with Crippen molar-refractivity contribution in [3.63, 3.8) is 0 Å². The molecule has 7 nitrogen and oxygen atoms in total. The van der Waals surface area contributed by atoms with Gasteiger partial charge >= 0.3 is 0 Å². The maximum absolute atomic E-state index is 14.1. The van der Waals surface area contributed by atoms with Crippen LogP contribution in [-0.4, -0.2) is 27.2 Å². The van der Waals surface area contributed by atoms with Crippen LogP contribution in [0.1, 0.15) is 15.9 Å². The summed E-state index contributed by atoms with van der Waals surface area (Å²) >= 11 is 0. The number of nitrogens with zero attached hydrogens (tertiary/aromatic N) is 1. The molecule has 0 aliphatic carbocycles. The second kappa shape index (κ2) is 8.31. The van der Waals surface area contributed by atoms with Gasteiger partial charge in [0.15, 0.2) is 5.78 Å². The van der Waals surface area contributed by atoms with Crippen molar-refractivity contribution in [3.8, 4) is 5.75 Å². The van der Waals surface area contributed by atoms with Gasteiger partial charge in [-0.15, -0.1) is 0 Å². The second-order valence-corrected chi connectivity index (χ2v) is 9.88. The van der Waals surface area contributed by atoms with Gasteiger partial charge in [-0.05, 0) is 48.0 Å². The summed E-state index contributed by atoms with van der Waals surface area (Å²) < 4.78 is 58.6. The minimum absolute atomic E-state index is 0.0324. The molecule has 1 atom stereocenters. The lowest BCUT2D eigenvalue weighted by Gasteiger charge is -2.35. The van der Waals surface area contributed by atoms with E-state index in [0.29, 0.717) is 11.3 Å². The zero-order valence-electron chi connectivity index (χ0n) is 18.3. The van der Waals surface area contributed by atoms with Crippen LogP contribution in [0, 0.1) is 17.6 Å². The molecule has 2 aliphatic heterocycles. The van der Waals surface area contributed by atoms with Crippen molar-refractivity contribution in [1.82, 2.24) is 0 Å². The molecule has 2 heterocycles. The lowest BCUT2D eigenvalue weighted by atomic mass is 9.87. The first-order valence-electron chi connectivity index (χ1n) is 10.5. The Labute approximate surface area is 199 Å². The van der Waals surface area contributed by atoms with Gasteiger partial charge in [-0.1, -0.05) is 12.1 Å². The maximum Gasteiger partial charge on any atom is 0.244 e. The van der Waals surface area contributed by atoms with Crippen molar-refractivity contribution in [2.45, 2.75) is 11.4 Å². The van der Waals surface area contributed by atoms with Crippen molar-refractivity contribution < 1.29 is 31.5 Å². The minimum atomic E-state index is -4.03. The lowest BCUT2D eigenvalue weighted by molar-refractivity contribution is -0.120. The highest BCUT2D eigenvalue weighted by atomic mass is 32.2. The normalized spacial score (nSPS) is 18.3. The number of fused-ring (bicyclic) bond motifs is 2. The molecule has 178 valence electrons. The Kier molecular flexibility index (Phi) is 5.40. The van der Waals surface area contributed by atoms with Crippen molar-refractivity contribution in [1.29, 1.82) is 0 Å². The van der Waals surface area contributed by atoms with E-state index in [1.54, 1.807) is 6.07 Å². The van der Waals surface area contributed by atoms with Crippen LogP contribution in [0.5, 0.6) is 5.75 Å². The molecule has 3 aromatic carbocycles. The fourth-order valence-corrected chi connectivity index (χ4v) is 5.58. The largest absolute Gasteiger partial charge is 0.497 e. The molecule has 5 rings (SSSR count). The predicted molar refractivity (Wildman–Crippen MR) is 124 cm³/mol. The third-order valence-corrected chi connectivity index (χ3v) is 7.43. The van der Waals surface area contributed by atoms with Crippen molar-refractivity contribution >= 4 is 32.9 Å². The number of benzene rings is 3. The quantitative estimate of drug-likeness (QED) is 0.548. The van der Waals surface area contributed by atoms with E-state index in [-0.39, 0.29) is 34.1 Å². The Bertz CT molecular complexity index is 1520. The summed E-state index contributed by atoms with van der Waals surface area (Å²) in [6.45, 7) is -0.0324. The van der Waals surface area contributed by atoms with Gasteiger partial charge in [0, 0.05) is 17.3 Å². The number of rotatable bonds is 4. The van der Waals surface area contributed by atoms with Crippen LogP contribution in [0.3, 0.4) is 0 Å². The average Bonchev–Trinajstić information content (AvgIpc) is 2.82. The van der Waals surface area contributed by atoms with E-state index in [0.717, 1.165) is 17.5 Å². The molecule has 2 aliphatic rings. The Morgan fingerprint density at radius 2 is 1.69 bits per heavy atom. The summed E-state index contributed by atoms with van der Waals surface area (Å²) in [5.41, 5.74) is 0.734. The number of Topliss-reactive ketones (excluding diaryl/α,β-unsaturated/α-hetero) is 1. The maximum atomic E-state index is 14.1. The first kappa shape index (κ1) is 22.7. The molecule has 10 heteroatoms. The molecular formula is C25H18F2N2O5S. The van der Waals surface area contributed by atoms with Crippen LogP contribution in [0.15, 0.2) is 76.7 Å². The number of ketones is 1. The number of hydrogen-bond acceptors (Lipinski definition) is 6. The molecule has 0 saturated carbocycles. The second-order valence-electron chi connectivity index (χ2n) is 8.11. The summed E-state index contributed by atoms with van der Waals surface area (Å²) in [4.78, 5) is 28.2. The number of carbonyl (C=O) groups excluding carboxylic acids is 2. The first-order valence-corrected chi connectivity index (χ1v) is 12.0. The molecular weight excluding hydrogens is 478 g/mol. The molecule has 0 aromatic heterocycles. The number of carbonyl (C=O) groups is 2. The van der Waals surface area contributed by atoms with Gasteiger partial charge in [-0.3, -0.25) is 9.59 Å². The average molecular weight is 496 g/mol. The number of halogens is 2. The number of sulfone groups is 1. The van der Waals surface area contributed by atoms with E-state index >= 15 is 0 Å². The SMILES string of the molecule is COc1ccc2c(c1)S(=O)(=O)C=C(C1C(=O)c3cc(F)ccc3N(Cc3ccc(F)cc3)C1=O)N2. The number of amides is 1. The van der Waals surface area contributed by atoms with E-state index in [4.69, 9.17) is 4.74 Å². The van der Waals surface area contributed by atoms with Crippen molar-refractivity contribution in [2.24, 2.45) is 5.92 Å². The molecule has 0 spiro atoms. The van der Waals surface area contributed by atoms with E-state index in [1.807, 2.05) is 0 Å². The molecule has 0 fully saturated rings. The van der Waals surface area contributed by atoms with E-state index in [1.165, 1.54) is 54.5 Å². The zero-order chi connectivity index (χ0) is 24.9. The summed E-state index contributed by atoms with van der Waals surface area (Å²) in [7, 11) is -2.63. The Balaban J connectivity index is 1.60. The van der Waals surface area contributed by atoms with Crippen LogP contribution in [-0.2, 0) is 21.2 Å². The molecule has 0 bridgehead atoms. The van der Waals surface area contributed by atoms with Gasteiger partial charge in [0.2, 0.25) is 15.7 Å². The van der Waals surface area contributed by atoms with Gasteiger partial charge in [-0.25, -0.2) is 17.2 Å². The monoisotopic (exact) mass is 496 g/mol. The first-order chi connectivity index (χ1) is 16.7. The van der Waals surface area contributed by atoms with Gasteiger partial charge in [0.25, 0.3) is 0 Å². The highest BCUT2D eigenvalue weighted by Crippen LogP contribution is 2.40. The Morgan fingerprint density at radius 1 is 0.971 bits per heavy atom. The van der Waals surface area contributed by atoms with Gasteiger partial charge in [0.05, 0.1) is 35.3 Å². The Morgan fingerprint density at radius 3 is 2.40 bits per heavy atom. The molecule has 0 radical (unpaired) electrons. The van der Waals surface area contributed by atoms with Crippen molar-refractivity contribution in [2.75, 3.05) is 17.3 Å². The van der Waals surface area contributed by atoms with Crippen LogP contribution < -0.4 is 15.0 Å². The summed E-state index contributed by atoms with van der Waals surface area (Å²) in [6.07, 6.45) is 0. The standard InChI is InChI=1S/C25H18F2N2O5S/c1-34-17-7-8-19-22(11-17)35(32,33)13-20(28-19)23-24(30)18-10-16(27)6-9-21(18)29(25(23)31)12-14-2-4-15(26)5-3-14/h2-11,13,23,28H,12H2,1H3. The van der Waals surface area contributed by atoms with Crippen LogP contribution in [0.25, 0.3) is 0 Å². The summed E-state index contributed by atoms with van der Waals surface area (Å²) in [5.74, 6) is -3.77. The number of hydrogen-bond donors (Lipinski definition) is 1. The smallest absolute Gasteiger partial charge is 0.244 e. The fourth-order valence-electron chi connectivity index (χ4n) is 4.22. The molecule has 1 amide bonds. The van der Waals surface area contributed by atoms with Gasteiger partial charge in [0.1, 0.15) is 23.3 Å². The lowest BCUT2D eigenvalue weighted by Crippen LogP contribution is -2.46. The summed E-state index contributed by atoms with van der Waals surface area (Å²) in [5, 5.41) is 3.73. The third kappa shape index (κ3) is 3.95. The number of nitrogens with one attached hydrogen (secondary N) is 1. The molecule has 35 heavy (non-hydrogen) atoms. The fraction of sp³-hybridized carbons (Fsp3) is 0.120.